The van der Waals surface area contributed by atoms with E-state index < -0.39 is 18.1 Å². The molecule has 28 heavy (non-hydrogen) atoms. The zero-order chi connectivity index (χ0) is 21.9. The SMILES string of the molecule is C=CCC.CC(C)NC(C(=O)NC(C)C(=O)N1CCCC(C(=O)O)N1)C(C)C. The number of amides is 2. The molecule has 1 fully saturated rings. The van der Waals surface area contributed by atoms with E-state index in [0.717, 1.165) is 6.42 Å². The lowest BCUT2D eigenvalue weighted by Gasteiger charge is -2.34. The highest BCUT2D eigenvalue weighted by Crippen LogP contribution is 2.09. The number of nitrogens with zero attached hydrogens (tertiary/aromatic N) is 1. The number of nitrogens with one attached hydrogen (secondary N) is 3. The topological polar surface area (TPSA) is 111 Å². The number of carbonyl (C=O) groups excluding carboxylic acids is 2. The summed E-state index contributed by atoms with van der Waals surface area (Å²) >= 11 is 0. The van der Waals surface area contributed by atoms with Crippen molar-refractivity contribution in [2.45, 2.75) is 85.0 Å². The maximum absolute atomic E-state index is 12.5. The molecule has 0 bridgehead atoms. The Hall–Kier alpha value is -1.93. The van der Waals surface area contributed by atoms with Gasteiger partial charge in [0, 0.05) is 12.6 Å². The molecule has 0 saturated carbocycles. The van der Waals surface area contributed by atoms with Crippen molar-refractivity contribution in [2.24, 2.45) is 5.92 Å². The van der Waals surface area contributed by atoms with Crippen LogP contribution in [-0.4, -0.2) is 58.6 Å². The van der Waals surface area contributed by atoms with E-state index in [1.165, 1.54) is 5.01 Å². The molecule has 3 atom stereocenters. The number of carbonyl (C=O) groups is 3. The molecule has 162 valence electrons. The molecule has 4 N–H and O–H groups in total. The Morgan fingerprint density at radius 2 is 1.82 bits per heavy atom. The first-order valence-electron chi connectivity index (χ1n) is 10.0. The largest absolute Gasteiger partial charge is 0.480 e. The Kier molecular flexibility index (Phi) is 12.4. The third-order valence-corrected chi connectivity index (χ3v) is 4.23. The summed E-state index contributed by atoms with van der Waals surface area (Å²) in [6.07, 6.45) is 4.05. The zero-order valence-electron chi connectivity index (χ0n) is 18.1. The molecule has 0 spiro atoms. The first kappa shape index (κ1) is 26.1. The highest BCUT2D eigenvalue weighted by molar-refractivity contribution is 5.89. The summed E-state index contributed by atoms with van der Waals surface area (Å²) < 4.78 is 0. The van der Waals surface area contributed by atoms with Crippen molar-refractivity contribution in [3.63, 3.8) is 0 Å². The average Bonchev–Trinajstić information content (AvgIpc) is 2.65. The number of allylic oxidation sites excluding steroid dienone is 1. The van der Waals surface area contributed by atoms with Crippen LogP contribution in [-0.2, 0) is 14.4 Å². The second kappa shape index (κ2) is 13.3. The monoisotopic (exact) mass is 398 g/mol. The van der Waals surface area contributed by atoms with Gasteiger partial charge in [-0.3, -0.25) is 19.4 Å². The van der Waals surface area contributed by atoms with Gasteiger partial charge in [-0.25, -0.2) is 5.43 Å². The predicted molar refractivity (Wildman–Crippen MR) is 110 cm³/mol. The van der Waals surface area contributed by atoms with Gasteiger partial charge >= 0.3 is 5.97 Å². The fraction of sp³-hybridized carbons (Fsp3) is 0.750. The lowest BCUT2D eigenvalue weighted by molar-refractivity contribution is -0.148. The minimum Gasteiger partial charge on any atom is -0.480 e. The lowest BCUT2D eigenvalue weighted by Crippen LogP contribution is -2.60. The molecule has 1 aliphatic heterocycles. The van der Waals surface area contributed by atoms with E-state index in [9.17, 15) is 14.4 Å². The Morgan fingerprint density at radius 3 is 2.25 bits per heavy atom. The molecular weight excluding hydrogens is 360 g/mol. The van der Waals surface area contributed by atoms with Crippen LogP contribution in [0.5, 0.6) is 0 Å². The maximum atomic E-state index is 12.5. The third kappa shape index (κ3) is 9.32. The summed E-state index contributed by atoms with van der Waals surface area (Å²) in [4.78, 5) is 35.9. The highest BCUT2D eigenvalue weighted by Gasteiger charge is 2.32. The maximum Gasteiger partial charge on any atom is 0.322 e. The van der Waals surface area contributed by atoms with Crippen molar-refractivity contribution < 1.29 is 19.5 Å². The van der Waals surface area contributed by atoms with E-state index in [4.69, 9.17) is 5.11 Å². The number of rotatable bonds is 8. The number of hydrogen-bond acceptors (Lipinski definition) is 5. The molecule has 1 aliphatic rings. The first-order valence-corrected chi connectivity index (χ1v) is 10.0. The van der Waals surface area contributed by atoms with Gasteiger partial charge in [0.25, 0.3) is 5.91 Å². The Balaban J connectivity index is 0.00000165. The number of carboxylic acid groups (broad SMARTS) is 1. The van der Waals surface area contributed by atoms with Crippen molar-refractivity contribution >= 4 is 17.8 Å². The van der Waals surface area contributed by atoms with Crippen LogP contribution >= 0.6 is 0 Å². The molecule has 3 unspecified atom stereocenters. The molecule has 0 aromatic carbocycles. The number of carboxylic acids is 1. The fourth-order valence-corrected chi connectivity index (χ4v) is 2.65. The van der Waals surface area contributed by atoms with Crippen LogP contribution < -0.4 is 16.1 Å². The quantitative estimate of drug-likeness (QED) is 0.463. The fourth-order valence-electron chi connectivity index (χ4n) is 2.65. The van der Waals surface area contributed by atoms with E-state index >= 15 is 0 Å². The molecule has 0 aromatic rings. The smallest absolute Gasteiger partial charge is 0.322 e. The third-order valence-electron chi connectivity index (χ3n) is 4.23. The van der Waals surface area contributed by atoms with Crippen molar-refractivity contribution in [1.29, 1.82) is 0 Å². The minimum atomic E-state index is -0.981. The van der Waals surface area contributed by atoms with Crippen LogP contribution in [0.25, 0.3) is 0 Å². The average molecular weight is 399 g/mol. The number of hydrogen-bond donors (Lipinski definition) is 4. The first-order chi connectivity index (χ1) is 13.0. The second-order valence-electron chi connectivity index (χ2n) is 7.62. The van der Waals surface area contributed by atoms with Gasteiger partial charge < -0.3 is 15.7 Å². The van der Waals surface area contributed by atoms with Gasteiger partial charge in [0.1, 0.15) is 12.1 Å². The van der Waals surface area contributed by atoms with E-state index in [1.54, 1.807) is 6.92 Å². The van der Waals surface area contributed by atoms with Crippen LogP contribution in [0.4, 0.5) is 0 Å². The van der Waals surface area contributed by atoms with Gasteiger partial charge in [-0.05, 0) is 32.1 Å². The summed E-state index contributed by atoms with van der Waals surface area (Å²) in [6, 6.07) is -1.74. The summed E-state index contributed by atoms with van der Waals surface area (Å²) in [5.74, 6) is -1.46. The van der Waals surface area contributed by atoms with E-state index in [2.05, 4.69) is 29.6 Å². The molecule has 0 aromatic heterocycles. The van der Waals surface area contributed by atoms with E-state index in [0.29, 0.717) is 19.4 Å². The Bertz CT molecular complexity index is 522. The Morgan fingerprint density at radius 1 is 1.25 bits per heavy atom. The van der Waals surface area contributed by atoms with Crippen LogP contribution in [0.1, 0.15) is 60.8 Å². The van der Waals surface area contributed by atoms with E-state index in [1.807, 2.05) is 33.8 Å². The summed E-state index contributed by atoms with van der Waals surface area (Å²) in [7, 11) is 0. The van der Waals surface area contributed by atoms with Crippen molar-refractivity contribution in [3.8, 4) is 0 Å². The van der Waals surface area contributed by atoms with Crippen molar-refractivity contribution in [2.75, 3.05) is 6.54 Å². The zero-order valence-corrected chi connectivity index (χ0v) is 18.1. The molecule has 8 nitrogen and oxygen atoms in total. The molecule has 1 heterocycles. The molecule has 0 radical (unpaired) electrons. The normalized spacial score (nSPS) is 18.7. The lowest BCUT2D eigenvalue weighted by atomic mass is 10.0. The van der Waals surface area contributed by atoms with Gasteiger partial charge in [-0.15, -0.1) is 6.58 Å². The second-order valence-corrected chi connectivity index (χ2v) is 7.62. The van der Waals surface area contributed by atoms with Gasteiger partial charge in [-0.1, -0.05) is 40.7 Å². The molecule has 1 rings (SSSR count). The minimum absolute atomic E-state index is 0.0826. The van der Waals surface area contributed by atoms with Gasteiger partial charge in [0.2, 0.25) is 5.91 Å². The predicted octanol–water partition coefficient (Wildman–Crippen LogP) is 1.68. The summed E-state index contributed by atoms with van der Waals surface area (Å²) in [5, 5.41) is 16.3. The van der Waals surface area contributed by atoms with E-state index in [-0.39, 0.29) is 29.8 Å². The van der Waals surface area contributed by atoms with Crippen molar-refractivity contribution in [1.82, 2.24) is 21.1 Å². The number of hydrazine groups is 1. The van der Waals surface area contributed by atoms with Crippen LogP contribution in [0.2, 0.25) is 0 Å². The highest BCUT2D eigenvalue weighted by atomic mass is 16.4. The Labute approximate surface area is 169 Å². The van der Waals surface area contributed by atoms with Gasteiger partial charge in [0.15, 0.2) is 0 Å². The molecule has 2 amide bonds. The summed E-state index contributed by atoms with van der Waals surface area (Å²) in [5.41, 5.74) is 2.71. The molecular formula is C20H38N4O4. The molecule has 1 saturated heterocycles. The van der Waals surface area contributed by atoms with Crippen molar-refractivity contribution in [3.05, 3.63) is 12.7 Å². The molecule has 0 aliphatic carbocycles. The standard InChI is InChI=1S/C16H30N4O4.C4H8/c1-9(2)13(17-10(3)4)14(21)18-11(5)15(22)20-8-6-7-12(19-20)16(23)24;1-3-4-2/h9-13,17,19H,6-8H2,1-5H3,(H,18,21)(H,23,24);3H,1,4H2,2H3. The van der Waals surface area contributed by atoms with Crippen LogP contribution in [0.3, 0.4) is 0 Å². The van der Waals surface area contributed by atoms with Gasteiger partial charge in [-0.2, -0.15) is 0 Å². The van der Waals surface area contributed by atoms with Gasteiger partial charge in [0.05, 0.1) is 6.04 Å². The number of aliphatic carboxylic acids is 1. The molecule has 8 heteroatoms. The summed E-state index contributed by atoms with van der Waals surface area (Å²) in [6.45, 7) is 15.4. The van der Waals surface area contributed by atoms with Crippen LogP contribution in [0.15, 0.2) is 12.7 Å². The van der Waals surface area contributed by atoms with Crippen LogP contribution in [0, 0.1) is 5.92 Å².